The Morgan fingerprint density at radius 1 is 0.750 bits per heavy atom. The Hall–Kier alpha value is -3.36. The van der Waals surface area contributed by atoms with Gasteiger partial charge in [-0.05, 0) is 28.8 Å². The fourth-order valence-electron chi connectivity index (χ4n) is 5.77. The van der Waals surface area contributed by atoms with Gasteiger partial charge in [0.15, 0.2) is 0 Å². The van der Waals surface area contributed by atoms with Crippen LogP contribution in [-0.2, 0) is 13.5 Å². The Kier molecular flexibility index (Phi) is 4.44. The van der Waals surface area contributed by atoms with Gasteiger partial charge in [0.1, 0.15) is 8.07 Å². The van der Waals surface area contributed by atoms with Crippen LogP contribution in [0.15, 0.2) is 103 Å². The van der Waals surface area contributed by atoms with Crippen LogP contribution in [0.4, 0.5) is 0 Å². The molecule has 1 heterocycles. The van der Waals surface area contributed by atoms with E-state index in [9.17, 15) is 0 Å². The highest BCUT2D eigenvalue weighted by atomic mass is 28.3. The zero-order chi connectivity index (χ0) is 21.7. The molecule has 0 N–H and O–H groups in total. The second-order valence-electron chi connectivity index (χ2n) is 9.20. The van der Waals surface area contributed by atoms with Crippen molar-refractivity contribution >= 4 is 46.2 Å². The average Bonchev–Trinajstić information content (AvgIpc) is 3.16. The standard InChI is InChI=1S/C30H27NSi/c1-31-28-20-17-22-11-9-10-16-26(22)30(28)27-19-18-25(21-29(27)31)32(2,23-12-5-3-6-13-23)24-14-7-4-8-15-24/h3-20,25H,21H2,1-2H3. The van der Waals surface area contributed by atoms with E-state index < -0.39 is 8.07 Å². The number of hydrogen-bond acceptors (Lipinski definition) is 0. The minimum Gasteiger partial charge on any atom is -0.347 e. The van der Waals surface area contributed by atoms with E-state index in [2.05, 4.69) is 127 Å². The lowest BCUT2D eigenvalue weighted by Gasteiger charge is -2.37. The van der Waals surface area contributed by atoms with Crippen LogP contribution in [0, 0.1) is 0 Å². The third-order valence-electron chi connectivity index (χ3n) is 7.65. The second-order valence-corrected chi connectivity index (χ2v) is 13.5. The Bertz CT molecular complexity index is 1420. The predicted octanol–water partition coefficient (Wildman–Crippen LogP) is 6.16. The van der Waals surface area contributed by atoms with Crippen LogP contribution in [0.3, 0.4) is 0 Å². The molecule has 1 aliphatic carbocycles. The summed E-state index contributed by atoms with van der Waals surface area (Å²) in [6, 6.07) is 35.8. The summed E-state index contributed by atoms with van der Waals surface area (Å²) >= 11 is 0. The molecular weight excluding hydrogens is 402 g/mol. The van der Waals surface area contributed by atoms with Crippen molar-refractivity contribution in [3.8, 4) is 0 Å². The van der Waals surface area contributed by atoms with Crippen molar-refractivity contribution in [2.75, 3.05) is 0 Å². The first-order chi connectivity index (χ1) is 15.7. The van der Waals surface area contributed by atoms with Crippen molar-refractivity contribution in [1.29, 1.82) is 0 Å². The zero-order valence-corrected chi connectivity index (χ0v) is 19.6. The summed E-state index contributed by atoms with van der Waals surface area (Å²) in [5.74, 6) is 0. The molecule has 156 valence electrons. The number of aryl methyl sites for hydroxylation is 1. The second kappa shape index (κ2) is 7.35. The van der Waals surface area contributed by atoms with E-state index in [0.717, 1.165) is 6.42 Å². The molecule has 1 nitrogen and oxygen atoms in total. The summed E-state index contributed by atoms with van der Waals surface area (Å²) in [6.07, 6.45) is 6.03. The average molecular weight is 430 g/mol. The molecule has 1 aromatic heterocycles. The molecule has 2 heteroatoms. The van der Waals surface area contributed by atoms with Crippen LogP contribution in [0.5, 0.6) is 0 Å². The number of fused-ring (bicyclic) bond motifs is 5. The third kappa shape index (κ3) is 2.76. The zero-order valence-electron chi connectivity index (χ0n) is 18.6. The quantitative estimate of drug-likeness (QED) is 0.303. The number of benzene rings is 4. The first-order valence-corrected chi connectivity index (χ1v) is 14.0. The number of hydrogen-bond donors (Lipinski definition) is 0. The molecule has 0 spiro atoms. The van der Waals surface area contributed by atoms with E-state index in [-0.39, 0.29) is 0 Å². The molecule has 6 rings (SSSR count). The van der Waals surface area contributed by atoms with Gasteiger partial charge in [-0.1, -0.05) is 120 Å². The summed E-state index contributed by atoms with van der Waals surface area (Å²) < 4.78 is 2.44. The van der Waals surface area contributed by atoms with E-state index >= 15 is 0 Å². The minimum absolute atomic E-state index is 0.508. The number of rotatable bonds is 3. The van der Waals surface area contributed by atoms with E-state index in [1.165, 1.54) is 43.3 Å². The Balaban J connectivity index is 1.55. The highest BCUT2D eigenvalue weighted by Crippen LogP contribution is 2.40. The molecule has 4 aromatic carbocycles. The van der Waals surface area contributed by atoms with Gasteiger partial charge in [0.25, 0.3) is 0 Å². The van der Waals surface area contributed by atoms with Gasteiger partial charge in [-0.15, -0.1) is 0 Å². The maximum Gasteiger partial charge on any atom is 0.122 e. The molecule has 0 saturated carbocycles. The lowest BCUT2D eigenvalue weighted by atomic mass is 9.98. The summed E-state index contributed by atoms with van der Waals surface area (Å²) in [4.78, 5) is 0. The van der Waals surface area contributed by atoms with Crippen LogP contribution in [0.2, 0.25) is 12.1 Å². The van der Waals surface area contributed by atoms with Gasteiger partial charge in [0.2, 0.25) is 0 Å². The van der Waals surface area contributed by atoms with Crippen molar-refractivity contribution in [2.24, 2.45) is 7.05 Å². The number of allylic oxidation sites excluding steroid dienone is 1. The first-order valence-electron chi connectivity index (χ1n) is 11.5. The monoisotopic (exact) mass is 429 g/mol. The molecule has 0 bridgehead atoms. The SMILES string of the molecule is Cn1c2c(c3c4ccccc4ccc31)C=CC([Si](C)(c1ccccc1)c1ccccc1)C2. The summed E-state index contributed by atoms with van der Waals surface area (Å²) in [5, 5.41) is 7.09. The molecule has 5 aromatic rings. The van der Waals surface area contributed by atoms with Crippen LogP contribution >= 0.6 is 0 Å². The fourth-order valence-corrected chi connectivity index (χ4v) is 9.81. The van der Waals surface area contributed by atoms with Crippen LogP contribution < -0.4 is 10.4 Å². The van der Waals surface area contributed by atoms with Gasteiger partial charge >= 0.3 is 0 Å². The predicted molar refractivity (Wildman–Crippen MR) is 141 cm³/mol. The maximum atomic E-state index is 2.55. The molecule has 0 saturated heterocycles. The molecular formula is C30H27NSi. The summed E-state index contributed by atoms with van der Waals surface area (Å²) in [7, 11) is 0.251. The van der Waals surface area contributed by atoms with Crippen molar-refractivity contribution in [3.63, 3.8) is 0 Å². The Labute approximate surface area is 190 Å². The molecule has 0 aliphatic heterocycles. The lowest BCUT2D eigenvalue weighted by molar-refractivity contribution is 0.813. The Morgan fingerprint density at radius 3 is 2.06 bits per heavy atom. The largest absolute Gasteiger partial charge is 0.347 e. The molecule has 0 radical (unpaired) electrons. The van der Waals surface area contributed by atoms with E-state index in [1.54, 1.807) is 0 Å². The van der Waals surface area contributed by atoms with Crippen LogP contribution in [0.1, 0.15) is 11.3 Å². The third-order valence-corrected chi connectivity index (χ3v) is 12.6. The van der Waals surface area contributed by atoms with Gasteiger partial charge < -0.3 is 4.57 Å². The number of nitrogens with zero attached hydrogens (tertiary/aromatic N) is 1. The summed E-state index contributed by atoms with van der Waals surface area (Å²) in [6.45, 7) is 2.55. The van der Waals surface area contributed by atoms with E-state index in [4.69, 9.17) is 0 Å². The van der Waals surface area contributed by atoms with Crippen molar-refractivity contribution < 1.29 is 0 Å². The van der Waals surface area contributed by atoms with Crippen molar-refractivity contribution in [3.05, 3.63) is 114 Å². The smallest absolute Gasteiger partial charge is 0.122 e. The molecule has 0 amide bonds. The maximum absolute atomic E-state index is 2.55. The van der Waals surface area contributed by atoms with Gasteiger partial charge in [0.05, 0.1) is 0 Å². The normalized spacial score (nSPS) is 15.9. The first kappa shape index (κ1) is 19.3. The van der Waals surface area contributed by atoms with Crippen LogP contribution in [-0.4, -0.2) is 12.6 Å². The van der Waals surface area contributed by atoms with Gasteiger partial charge in [-0.2, -0.15) is 0 Å². The molecule has 0 fully saturated rings. The summed E-state index contributed by atoms with van der Waals surface area (Å²) in [5.41, 5.74) is 4.72. The topological polar surface area (TPSA) is 4.93 Å². The minimum atomic E-state index is -1.99. The van der Waals surface area contributed by atoms with Gasteiger partial charge in [-0.25, -0.2) is 0 Å². The fraction of sp³-hybridized carbons (Fsp3) is 0.133. The Morgan fingerprint density at radius 2 is 1.38 bits per heavy atom. The molecule has 1 aliphatic rings. The van der Waals surface area contributed by atoms with Crippen molar-refractivity contribution in [1.82, 2.24) is 4.57 Å². The van der Waals surface area contributed by atoms with E-state index in [0.29, 0.717) is 5.54 Å². The number of aromatic nitrogens is 1. The molecule has 1 unspecified atom stereocenters. The lowest BCUT2D eigenvalue weighted by Crippen LogP contribution is -2.59. The van der Waals surface area contributed by atoms with E-state index in [1.807, 2.05) is 0 Å². The molecule has 32 heavy (non-hydrogen) atoms. The van der Waals surface area contributed by atoms with Gasteiger partial charge in [0, 0.05) is 29.2 Å². The molecule has 1 atom stereocenters. The highest BCUT2D eigenvalue weighted by Gasteiger charge is 2.40. The van der Waals surface area contributed by atoms with Crippen LogP contribution in [0.25, 0.3) is 27.8 Å². The van der Waals surface area contributed by atoms with Gasteiger partial charge in [-0.3, -0.25) is 0 Å². The van der Waals surface area contributed by atoms with Crippen molar-refractivity contribution in [2.45, 2.75) is 18.5 Å². The highest BCUT2D eigenvalue weighted by molar-refractivity contribution is 7.02.